The molecule has 0 bridgehead atoms. The second kappa shape index (κ2) is 4.11. The maximum atomic E-state index is 9.19. The van der Waals surface area contributed by atoms with Gasteiger partial charge in [0.25, 0.3) is 0 Å². The molecule has 2 rings (SSSR count). The third-order valence-corrected chi connectivity index (χ3v) is 2.94. The Hall–Kier alpha value is -0.870. The van der Waals surface area contributed by atoms with Gasteiger partial charge in [-0.3, -0.25) is 4.68 Å². The Morgan fingerprint density at radius 1 is 1.64 bits per heavy atom. The molecule has 1 aromatic heterocycles. The Morgan fingerprint density at radius 2 is 2.50 bits per heavy atom. The van der Waals surface area contributed by atoms with E-state index < -0.39 is 0 Å². The van der Waals surface area contributed by atoms with Crippen LogP contribution in [0.5, 0.6) is 0 Å². The highest BCUT2D eigenvalue weighted by Crippen LogP contribution is 2.26. The smallest absolute Gasteiger partial charge is 0.0672 e. The Bertz CT molecular complexity index is 297. The van der Waals surface area contributed by atoms with Crippen molar-refractivity contribution >= 4 is 0 Å². The molecule has 0 saturated carbocycles. The molecule has 4 heteroatoms. The molecule has 0 aliphatic carbocycles. The number of nitrogens with zero attached hydrogens (tertiary/aromatic N) is 2. The van der Waals surface area contributed by atoms with Crippen molar-refractivity contribution in [3.8, 4) is 0 Å². The lowest BCUT2D eigenvalue weighted by molar-refractivity contribution is 0.225. The SMILES string of the molecule is CCn1ccc([C@@H]2CNC[C@H]2CO)n1. The lowest BCUT2D eigenvalue weighted by atomic mass is 9.94. The molecule has 1 aliphatic rings. The summed E-state index contributed by atoms with van der Waals surface area (Å²) in [5.41, 5.74) is 1.11. The first-order valence-corrected chi connectivity index (χ1v) is 5.20. The van der Waals surface area contributed by atoms with Gasteiger partial charge in [-0.25, -0.2) is 0 Å². The topological polar surface area (TPSA) is 50.1 Å². The van der Waals surface area contributed by atoms with Gasteiger partial charge in [-0.1, -0.05) is 0 Å². The minimum atomic E-state index is 0.247. The Balaban J connectivity index is 2.13. The van der Waals surface area contributed by atoms with Crippen LogP contribution in [-0.4, -0.2) is 34.6 Å². The summed E-state index contributed by atoms with van der Waals surface area (Å²) in [6.07, 6.45) is 2.00. The van der Waals surface area contributed by atoms with Crippen LogP contribution in [-0.2, 0) is 6.54 Å². The third kappa shape index (κ3) is 1.67. The van der Waals surface area contributed by atoms with Crippen LogP contribution in [0.25, 0.3) is 0 Å². The highest BCUT2D eigenvalue weighted by Gasteiger charge is 2.29. The van der Waals surface area contributed by atoms with Crippen LogP contribution in [0.1, 0.15) is 18.5 Å². The first-order chi connectivity index (χ1) is 6.85. The molecule has 0 unspecified atom stereocenters. The number of aliphatic hydroxyl groups excluding tert-OH is 1. The van der Waals surface area contributed by atoms with Gasteiger partial charge in [0.15, 0.2) is 0 Å². The molecule has 1 aromatic rings. The molecule has 1 fully saturated rings. The second-order valence-electron chi connectivity index (χ2n) is 3.80. The zero-order valence-electron chi connectivity index (χ0n) is 8.48. The van der Waals surface area contributed by atoms with Gasteiger partial charge in [0.2, 0.25) is 0 Å². The van der Waals surface area contributed by atoms with Gasteiger partial charge >= 0.3 is 0 Å². The van der Waals surface area contributed by atoms with Crippen LogP contribution in [0.15, 0.2) is 12.3 Å². The number of aliphatic hydroxyl groups is 1. The molecule has 14 heavy (non-hydrogen) atoms. The molecular weight excluding hydrogens is 178 g/mol. The molecule has 78 valence electrons. The van der Waals surface area contributed by atoms with Gasteiger partial charge in [0.1, 0.15) is 0 Å². The van der Waals surface area contributed by atoms with Crippen molar-refractivity contribution in [1.29, 1.82) is 0 Å². The summed E-state index contributed by atoms with van der Waals surface area (Å²) in [6, 6.07) is 2.06. The van der Waals surface area contributed by atoms with E-state index in [4.69, 9.17) is 0 Å². The van der Waals surface area contributed by atoms with Crippen LogP contribution in [0.4, 0.5) is 0 Å². The van der Waals surface area contributed by atoms with Gasteiger partial charge in [-0.15, -0.1) is 0 Å². The lowest BCUT2D eigenvalue weighted by Crippen LogP contribution is -2.15. The molecule has 1 saturated heterocycles. The van der Waals surface area contributed by atoms with Crippen molar-refractivity contribution in [3.05, 3.63) is 18.0 Å². The Labute approximate surface area is 83.9 Å². The fourth-order valence-corrected chi connectivity index (χ4v) is 2.02. The standard InChI is InChI=1S/C10H17N3O/c1-2-13-4-3-10(12-13)9-6-11-5-8(9)7-14/h3-4,8-9,11,14H,2,5-7H2,1H3/t8-,9+/m0/s1. The van der Waals surface area contributed by atoms with E-state index >= 15 is 0 Å². The van der Waals surface area contributed by atoms with E-state index in [1.807, 2.05) is 10.9 Å². The largest absolute Gasteiger partial charge is 0.396 e. The number of nitrogens with one attached hydrogen (secondary N) is 1. The predicted octanol–water partition coefficient (Wildman–Crippen LogP) is 0.198. The highest BCUT2D eigenvalue weighted by molar-refractivity contribution is 5.11. The fraction of sp³-hybridized carbons (Fsp3) is 0.700. The van der Waals surface area contributed by atoms with Gasteiger partial charge in [0, 0.05) is 44.3 Å². The third-order valence-electron chi connectivity index (χ3n) is 2.94. The molecule has 2 heterocycles. The summed E-state index contributed by atoms with van der Waals surface area (Å²) in [5.74, 6) is 0.711. The summed E-state index contributed by atoms with van der Waals surface area (Å²) in [6.45, 7) is 5.07. The van der Waals surface area contributed by atoms with E-state index in [1.54, 1.807) is 0 Å². The van der Waals surface area contributed by atoms with Crippen molar-refractivity contribution in [2.45, 2.75) is 19.4 Å². The average molecular weight is 195 g/mol. The minimum Gasteiger partial charge on any atom is -0.396 e. The molecule has 0 radical (unpaired) electrons. The number of hydrogen-bond donors (Lipinski definition) is 2. The van der Waals surface area contributed by atoms with E-state index in [0.717, 1.165) is 25.3 Å². The minimum absolute atomic E-state index is 0.247. The molecular formula is C10H17N3O. The van der Waals surface area contributed by atoms with Crippen LogP contribution in [0, 0.1) is 5.92 Å². The van der Waals surface area contributed by atoms with Gasteiger partial charge in [-0.2, -0.15) is 5.10 Å². The van der Waals surface area contributed by atoms with Crippen molar-refractivity contribution in [3.63, 3.8) is 0 Å². The maximum Gasteiger partial charge on any atom is 0.0672 e. The predicted molar refractivity (Wildman–Crippen MR) is 54.1 cm³/mol. The molecule has 4 nitrogen and oxygen atoms in total. The van der Waals surface area contributed by atoms with Gasteiger partial charge in [-0.05, 0) is 13.0 Å². The molecule has 2 atom stereocenters. The van der Waals surface area contributed by atoms with Crippen molar-refractivity contribution < 1.29 is 5.11 Å². The summed E-state index contributed by atoms with van der Waals surface area (Å²) in [4.78, 5) is 0. The first-order valence-electron chi connectivity index (χ1n) is 5.20. The number of rotatable bonds is 3. The van der Waals surface area contributed by atoms with Crippen molar-refractivity contribution in [2.24, 2.45) is 5.92 Å². The van der Waals surface area contributed by atoms with Crippen LogP contribution in [0.2, 0.25) is 0 Å². The van der Waals surface area contributed by atoms with E-state index in [1.165, 1.54) is 0 Å². The zero-order valence-corrected chi connectivity index (χ0v) is 8.48. The lowest BCUT2D eigenvalue weighted by Gasteiger charge is -2.13. The molecule has 0 amide bonds. The average Bonchev–Trinajstić information content (AvgIpc) is 2.85. The van der Waals surface area contributed by atoms with E-state index in [2.05, 4.69) is 23.4 Å². The number of aromatic nitrogens is 2. The molecule has 0 aromatic carbocycles. The van der Waals surface area contributed by atoms with Gasteiger partial charge < -0.3 is 10.4 Å². The maximum absolute atomic E-state index is 9.19. The van der Waals surface area contributed by atoms with Crippen LogP contribution >= 0.6 is 0 Å². The van der Waals surface area contributed by atoms with Crippen molar-refractivity contribution in [1.82, 2.24) is 15.1 Å². The molecule has 1 aliphatic heterocycles. The fourth-order valence-electron chi connectivity index (χ4n) is 2.02. The van der Waals surface area contributed by atoms with E-state index in [-0.39, 0.29) is 6.61 Å². The highest BCUT2D eigenvalue weighted by atomic mass is 16.3. The first kappa shape index (κ1) is 9.68. The summed E-state index contributed by atoms with van der Waals surface area (Å²) in [7, 11) is 0. The van der Waals surface area contributed by atoms with Crippen molar-refractivity contribution in [2.75, 3.05) is 19.7 Å². The van der Waals surface area contributed by atoms with Gasteiger partial charge in [0.05, 0.1) is 5.69 Å². The molecule has 0 spiro atoms. The quantitative estimate of drug-likeness (QED) is 0.724. The summed E-state index contributed by atoms with van der Waals surface area (Å²) in [5, 5.41) is 17.0. The van der Waals surface area contributed by atoms with E-state index in [0.29, 0.717) is 11.8 Å². The normalized spacial score (nSPS) is 27.0. The number of hydrogen-bond acceptors (Lipinski definition) is 3. The van der Waals surface area contributed by atoms with Crippen LogP contribution in [0.3, 0.4) is 0 Å². The number of aryl methyl sites for hydroxylation is 1. The van der Waals surface area contributed by atoms with E-state index in [9.17, 15) is 5.11 Å². The van der Waals surface area contributed by atoms with Crippen LogP contribution < -0.4 is 5.32 Å². The summed E-state index contributed by atoms with van der Waals surface area (Å²) < 4.78 is 1.93. The zero-order chi connectivity index (χ0) is 9.97. The monoisotopic (exact) mass is 195 g/mol. The second-order valence-corrected chi connectivity index (χ2v) is 3.80. The summed E-state index contributed by atoms with van der Waals surface area (Å²) >= 11 is 0. The Morgan fingerprint density at radius 3 is 3.14 bits per heavy atom. The molecule has 2 N–H and O–H groups in total. The Kier molecular flexibility index (Phi) is 2.84.